The molecule has 2 heterocycles. The zero-order valence-electron chi connectivity index (χ0n) is 16.2. The molecule has 1 aliphatic heterocycles. The number of piperidine rings is 1. The maximum atomic E-state index is 12.8. The average molecular weight is 420 g/mol. The molecule has 1 fully saturated rings. The Bertz CT molecular complexity index is 949. The number of ether oxygens (including phenoxy) is 1. The Morgan fingerprint density at radius 1 is 1.17 bits per heavy atom. The number of nitrogens with one attached hydrogen (secondary N) is 1. The topological polar surface area (TPSA) is 106 Å². The number of esters is 1. The Hall–Kier alpha value is -2.65. The Morgan fingerprint density at radius 2 is 1.93 bits per heavy atom. The van der Waals surface area contributed by atoms with Crippen molar-refractivity contribution < 1.29 is 27.2 Å². The number of benzene rings is 1. The van der Waals surface area contributed by atoms with E-state index in [4.69, 9.17) is 9.15 Å². The molecule has 156 valence electrons. The van der Waals surface area contributed by atoms with Gasteiger partial charge in [-0.2, -0.15) is 4.31 Å². The van der Waals surface area contributed by atoms with Crippen LogP contribution in [0.15, 0.2) is 52.0 Å². The zero-order chi connectivity index (χ0) is 20.9. The fraction of sp³-hybridized carbons (Fsp3) is 0.400. The van der Waals surface area contributed by atoms with Gasteiger partial charge in [-0.3, -0.25) is 4.79 Å². The number of hydrogen-bond acceptors (Lipinski definition) is 6. The van der Waals surface area contributed by atoms with Crippen LogP contribution in [0.3, 0.4) is 0 Å². The molecule has 1 aromatic carbocycles. The van der Waals surface area contributed by atoms with Crippen molar-refractivity contribution in [3.63, 3.8) is 0 Å². The highest BCUT2D eigenvalue weighted by atomic mass is 32.2. The molecule has 1 aliphatic rings. The highest BCUT2D eigenvalue weighted by Crippen LogP contribution is 2.21. The van der Waals surface area contributed by atoms with Crippen molar-refractivity contribution in [3.8, 4) is 0 Å². The lowest BCUT2D eigenvalue weighted by molar-refractivity contribution is -0.129. The Balaban J connectivity index is 1.63. The van der Waals surface area contributed by atoms with E-state index in [0.717, 1.165) is 19.3 Å². The third-order valence-corrected chi connectivity index (χ3v) is 6.59. The number of nitrogens with zero attached hydrogens (tertiary/aromatic N) is 1. The summed E-state index contributed by atoms with van der Waals surface area (Å²) in [4.78, 5) is 24.6. The molecule has 0 unspecified atom stereocenters. The minimum absolute atomic E-state index is 0.0452. The van der Waals surface area contributed by atoms with E-state index < -0.39 is 28.0 Å². The molecule has 1 aromatic heterocycles. The van der Waals surface area contributed by atoms with Gasteiger partial charge in [-0.05, 0) is 50.1 Å². The summed E-state index contributed by atoms with van der Waals surface area (Å²) in [5.41, 5.74) is 0.0776. The second-order valence-electron chi connectivity index (χ2n) is 6.84. The standard InChI is InChI=1S/C20H24N2O6S/c1-15(19(23)21-14-17-8-6-12-27-17)28-20(24)16-7-5-9-18(13-16)29(25,26)22-10-3-2-4-11-22/h5-9,12-13,15H,2-4,10-11,14H2,1H3,(H,21,23)/t15-/m1/s1. The van der Waals surface area contributed by atoms with Crippen LogP contribution in [-0.4, -0.2) is 43.8 Å². The minimum Gasteiger partial charge on any atom is -0.467 e. The summed E-state index contributed by atoms with van der Waals surface area (Å²) in [6.45, 7) is 2.58. The molecular formula is C20H24N2O6S. The van der Waals surface area contributed by atoms with Gasteiger partial charge in [0.25, 0.3) is 5.91 Å². The molecule has 2 aromatic rings. The number of carbonyl (C=O) groups excluding carboxylic acids is 2. The van der Waals surface area contributed by atoms with Gasteiger partial charge in [-0.25, -0.2) is 13.2 Å². The van der Waals surface area contributed by atoms with Crippen LogP contribution >= 0.6 is 0 Å². The summed E-state index contributed by atoms with van der Waals surface area (Å²) in [5, 5.41) is 2.61. The molecule has 0 radical (unpaired) electrons. The number of sulfonamides is 1. The summed E-state index contributed by atoms with van der Waals surface area (Å²) in [6.07, 6.45) is 3.12. The van der Waals surface area contributed by atoms with Gasteiger partial charge >= 0.3 is 5.97 Å². The Labute approximate surface area is 169 Å². The van der Waals surface area contributed by atoms with Gasteiger partial charge in [0, 0.05) is 13.1 Å². The second-order valence-corrected chi connectivity index (χ2v) is 8.78. The van der Waals surface area contributed by atoms with Crippen molar-refractivity contribution in [2.75, 3.05) is 13.1 Å². The van der Waals surface area contributed by atoms with Crippen molar-refractivity contribution in [2.45, 2.75) is 43.7 Å². The van der Waals surface area contributed by atoms with Gasteiger partial charge in [0.2, 0.25) is 10.0 Å². The first-order chi connectivity index (χ1) is 13.9. The van der Waals surface area contributed by atoms with Gasteiger partial charge in [0.15, 0.2) is 6.10 Å². The first-order valence-electron chi connectivity index (χ1n) is 9.49. The SMILES string of the molecule is C[C@@H](OC(=O)c1cccc(S(=O)(=O)N2CCCCC2)c1)C(=O)NCc1ccco1. The normalized spacial score (nSPS) is 16.2. The van der Waals surface area contributed by atoms with Crippen LogP contribution < -0.4 is 5.32 Å². The minimum atomic E-state index is -3.66. The number of amides is 1. The molecule has 1 saturated heterocycles. The van der Waals surface area contributed by atoms with E-state index in [-0.39, 0.29) is 17.0 Å². The predicted octanol–water partition coefficient (Wildman–Crippen LogP) is 2.32. The van der Waals surface area contributed by atoms with Crippen molar-refractivity contribution in [2.24, 2.45) is 0 Å². The van der Waals surface area contributed by atoms with E-state index in [1.807, 2.05) is 0 Å². The number of furan rings is 1. The highest BCUT2D eigenvalue weighted by molar-refractivity contribution is 7.89. The van der Waals surface area contributed by atoms with Crippen LogP contribution in [0.2, 0.25) is 0 Å². The zero-order valence-corrected chi connectivity index (χ0v) is 17.0. The fourth-order valence-electron chi connectivity index (χ4n) is 3.05. The van der Waals surface area contributed by atoms with Crippen LogP contribution in [0, 0.1) is 0 Å². The van der Waals surface area contributed by atoms with Crippen LogP contribution in [-0.2, 0) is 26.1 Å². The maximum Gasteiger partial charge on any atom is 0.338 e. The molecular weight excluding hydrogens is 396 g/mol. The third-order valence-electron chi connectivity index (χ3n) is 4.69. The van der Waals surface area contributed by atoms with Crippen molar-refractivity contribution in [1.82, 2.24) is 9.62 Å². The monoisotopic (exact) mass is 420 g/mol. The maximum absolute atomic E-state index is 12.8. The molecule has 1 N–H and O–H groups in total. The molecule has 29 heavy (non-hydrogen) atoms. The first-order valence-corrected chi connectivity index (χ1v) is 10.9. The van der Waals surface area contributed by atoms with Gasteiger partial charge in [-0.15, -0.1) is 0 Å². The molecule has 3 rings (SSSR count). The lowest BCUT2D eigenvalue weighted by Gasteiger charge is -2.26. The lowest BCUT2D eigenvalue weighted by Crippen LogP contribution is -2.36. The van der Waals surface area contributed by atoms with Gasteiger partial charge < -0.3 is 14.5 Å². The second kappa shape index (κ2) is 9.23. The average Bonchev–Trinajstić information content (AvgIpc) is 3.26. The molecule has 0 aliphatic carbocycles. The molecule has 0 bridgehead atoms. The van der Waals surface area contributed by atoms with E-state index in [0.29, 0.717) is 18.8 Å². The summed E-state index contributed by atoms with van der Waals surface area (Å²) in [7, 11) is -3.66. The van der Waals surface area contributed by atoms with E-state index in [1.165, 1.54) is 41.8 Å². The summed E-state index contributed by atoms with van der Waals surface area (Å²) in [5.74, 6) is -0.666. The smallest absolute Gasteiger partial charge is 0.338 e. The van der Waals surface area contributed by atoms with Crippen molar-refractivity contribution in [3.05, 3.63) is 54.0 Å². The number of rotatable bonds is 7. The predicted molar refractivity (Wildman–Crippen MR) is 104 cm³/mol. The Morgan fingerprint density at radius 3 is 2.62 bits per heavy atom. The lowest BCUT2D eigenvalue weighted by atomic mass is 10.2. The van der Waals surface area contributed by atoms with Crippen LogP contribution in [0.5, 0.6) is 0 Å². The summed E-state index contributed by atoms with van der Waals surface area (Å²) >= 11 is 0. The third kappa shape index (κ3) is 5.24. The Kier molecular flexibility index (Phi) is 6.71. The fourth-order valence-corrected chi connectivity index (χ4v) is 4.61. The molecule has 1 amide bonds. The van der Waals surface area contributed by atoms with E-state index in [9.17, 15) is 18.0 Å². The number of carbonyl (C=O) groups is 2. The molecule has 8 nitrogen and oxygen atoms in total. The summed E-state index contributed by atoms with van der Waals surface area (Å²) in [6, 6.07) is 9.13. The van der Waals surface area contributed by atoms with E-state index >= 15 is 0 Å². The van der Waals surface area contributed by atoms with Crippen molar-refractivity contribution >= 4 is 21.9 Å². The molecule has 0 spiro atoms. The first kappa shape index (κ1) is 21.1. The van der Waals surface area contributed by atoms with Crippen LogP contribution in [0.4, 0.5) is 0 Å². The summed E-state index contributed by atoms with van der Waals surface area (Å²) < 4.78 is 37.3. The van der Waals surface area contributed by atoms with E-state index in [1.54, 1.807) is 12.1 Å². The van der Waals surface area contributed by atoms with Gasteiger partial charge in [-0.1, -0.05) is 12.5 Å². The van der Waals surface area contributed by atoms with Crippen molar-refractivity contribution in [1.29, 1.82) is 0 Å². The van der Waals surface area contributed by atoms with Gasteiger partial charge in [0.05, 0.1) is 23.3 Å². The van der Waals surface area contributed by atoms with Crippen LogP contribution in [0.1, 0.15) is 42.3 Å². The molecule has 0 saturated carbocycles. The molecule has 1 atom stereocenters. The van der Waals surface area contributed by atoms with Gasteiger partial charge in [0.1, 0.15) is 5.76 Å². The molecule has 9 heteroatoms. The quantitative estimate of drug-likeness (QED) is 0.689. The van der Waals surface area contributed by atoms with E-state index in [2.05, 4.69) is 5.32 Å². The highest BCUT2D eigenvalue weighted by Gasteiger charge is 2.27. The van der Waals surface area contributed by atoms with Crippen LogP contribution in [0.25, 0.3) is 0 Å². The largest absolute Gasteiger partial charge is 0.467 e. The number of hydrogen-bond donors (Lipinski definition) is 1.